The molecule has 2 aromatic heterocycles. The maximum Gasteiger partial charge on any atom is 0.152 e. The summed E-state index contributed by atoms with van der Waals surface area (Å²) >= 11 is 1.88. The van der Waals surface area contributed by atoms with Gasteiger partial charge in [-0.3, -0.25) is 0 Å². The summed E-state index contributed by atoms with van der Waals surface area (Å²) in [5.74, 6) is 2.18. The molecule has 0 aromatic carbocycles. The molecule has 2 rings (SSSR count). The zero-order valence-corrected chi connectivity index (χ0v) is 11.8. The molecule has 4 nitrogen and oxygen atoms in total. The van der Waals surface area contributed by atoms with E-state index in [1.807, 2.05) is 36.2 Å². The van der Waals surface area contributed by atoms with Gasteiger partial charge in [-0.05, 0) is 30.6 Å². The molecule has 0 aliphatic heterocycles. The summed E-state index contributed by atoms with van der Waals surface area (Å²) in [6, 6.07) is 6.02. The van der Waals surface area contributed by atoms with Gasteiger partial charge in [0, 0.05) is 26.3 Å². The lowest BCUT2D eigenvalue weighted by Crippen LogP contribution is -2.21. The summed E-state index contributed by atoms with van der Waals surface area (Å²) in [6.45, 7) is 1.52. The van der Waals surface area contributed by atoms with Gasteiger partial charge in [0.2, 0.25) is 0 Å². The average Bonchev–Trinajstić information content (AvgIpc) is 2.77. The summed E-state index contributed by atoms with van der Waals surface area (Å²) in [5.41, 5.74) is 7.91. The fourth-order valence-electron chi connectivity index (χ4n) is 2.08. The Morgan fingerprint density at radius 1 is 1.44 bits per heavy atom. The van der Waals surface area contributed by atoms with Crippen LogP contribution in [0, 0.1) is 0 Å². The third kappa shape index (κ3) is 2.62. The molecule has 0 amide bonds. The summed E-state index contributed by atoms with van der Waals surface area (Å²) in [5, 5.41) is 0. The Kier molecular flexibility index (Phi) is 4.49. The zero-order valence-electron chi connectivity index (χ0n) is 11.0. The topological polar surface area (TPSA) is 46.6 Å². The molecule has 0 aliphatic rings. The molecule has 2 heterocycles. The minimum Gasteiger partial charge on any atom is -0.358 e. The minimum atomic E-state index is 0.507. The van der Waals surface area contributed by atoms with Crippen LogP contribution in [0.2, 0.25) is 0 Å². The highest BCUT2D eigenvalue weighted by Gasteiger charge is 2.13. The Morgan fingerprint density at radius 2 is 2.28 bits per heavy atom. The second kappa shape index (κ2) is 6.11. The van der Waals surface area contributed by atoms with Crippen LogP contribution in [0.25, 0.3) is 5.65 Å². The van der Waals surface area contributed by atoms with Crippen LogP contribution in [0.3, 0.4) is 0 Å². The van der Waals surface area contributed by atoms with Crippen LogP contribution in [0.4, 0.5) is 5.82 Å². The van der Waals surface area contributed by atoms with Crippen molar-refractivity contribution in [1.82, 2.24) is 9.38 Å². The van der Waals surface area contributed by atoms with Crippen LogP contribution in [-0.4, -0.2) is 35.0 Å². The van der Waals surface area contributed by atoms with Crippen LogP contribution in [0.15, 0.2) is 24.4 Å². The number of nitrogens with two attached hydrogens (primary N) is 1. The van der Waals surface area contributed by atoms with Crippen molar-refractivity contribution in [2.45, 2.75) is 13.0 Å². The third-order valence-electron chi connectivity index (χ3n) is 3.00. The highest BCUT2D eigenvalue weighted by molar-refractivity contribution is 7.98. The van der Waals surface area contributed by atoms with Crippen molar-refractivity contribution in [3.63, 3.8) is 0 Å². The SMILES string of the molecule is CSCCCN(C)c1nc2ccccn2c1CN. The summed E-state index contributed by atoms with van der Waals surface area (Å²) in [6.07, 6.45) is 5.32. The van der Waals surface area contributed by atoms with Gasteiger partial charge in [-0.1, -0.05) is 6.07 Å². The van der Waals surface area contributed by atoms with Gasteiger partial charge in [0.05, 0.1) is 5.69 Å². The van der Waals surface area contributed by atoms with Crippen molar-refractivity contribution >= 4 is 23.2 Å². The lowest BCUT2D eigenvalue weighted by atomic mass is 10.3. The number of pyridine rings is 1. The Labute approximate surface area is 112 Å². The number of anilines is 1. The average molecular weight is 264 g/mol. The number of hydrogen-bond acceptors (Lipinski definition) is 4. The van der Waals surface area contributed by atoms with Crippen molar-refractivity contribution in [3.05, 3.63) is 30.1 Å². The molecular weight excluding hydrogens is 244 g/mol. The highest BCUT2D eigenvalue weighted by atomic mass is 32.2. The molecular formula is C13H20N4S. The molecule has 0 aliphatic carbocycles. The van der Waals surface area contributed by atoms with Crippen LogP contribution < -0.4 is 10.6 Å². The molecule has 0 atom stereocenters. The molecule has 2 aromatic rings. The normalized spacial score (nSPS) is 11.1. The number of nitrogens with zero attached hydrogens (tertiary/aromatic N) is 3. The first-order valence-electron chi connectivity index (χ1n) is 6.14. The molecule has 0 bridgehead atoms. The summed E-state index contributed by atoms with van der Waals surface area (Å²) < 4.78 is 2.07. The molecule has 5 heteroatoms. The van der Waals surface area contributed by atoms with Crippen molar-refractivity contribution in [3.8, 4) is 0 Å². The van der Waals surface area contributed by atoms with Crippen molar-refractivity contribution in [2.24, 2.45) is 5.73 Å². The van der Waals surface area contributed by atoms with Crippen LogP contribution in [0.5, 0.6) is 0 Å². The fraction of sp³-hybridized carbons (Fsp3) is 0.462. The van der Waals surface area contributed by atoms with Gasteiger partial charge in [-0.25, -0.2) is 4.98 Å². The predicted molar refractivity (Wildman–Crippen MR) is 79.4 cm³/mol. The number of hydrogen-bond donors (Lipinski definition) is 1. The predicted octanol–water partition coefficient (Wildman–Crippen LogP) is 1.98. The Morgan fingerprint density at radius 3 is 3.00 bits per heavy atom. The number of fused-ring (bicyclic) bond motifs is 1. The molecule has 0 fully saturated rings. The Hall–Kier alpha value is -1.20. The van der Waals surface area contributed by atoms with Crippen molar-refractivity contribution in [2.75, 3.05) is 30.5 Å². The van der Waals surface area contributed by atoms with E-state index in [2.05, 4.69) is 27.6 Å². The van der Waals surface area contributed by atoms with E-state index in [0.29, 0.717) is 6.54 Å². The molecule has 0 saturated heterocycles. The van der Waals surface area contributed by atoms with Gasteiger partial charge in [0.15, 0.2) is 5.82 Å². The lowest BCUT2D eigenvalue weighted by molar-refractivity contribution is 0.833. The first-order valence-corrected chi connectivity index (χ1v) is 7.53. The highest BCUT2D eigenvalue weighted by Crippen LogP contribution is 2.20. The van der Waals surface area contributed by atoms with Gasteiger partial charge >= 0.3 is 0 Å². The van der Waals surface area contributed by atoms with E-state index < -0.39 is 0 Å². The largest absolute Gasteiger partial charge is 0.358 e. The fourth-order valence-corrected chi connectivity index (χ4v) is 2.50. The van der Waals surface area contributed by atoms with Crippen molar-refractivity contribution < 1.29 is 0 Å². The van der Waals surface area contributed by atoms with Crippen LogP contribution in [-0.2, 0) is 6.54 Å². The van der Waals surface area contributed by atoms with E-state index in [-0.39, 0.29) is 0 Å². The third-order valence-corrected chi connectivity index (χ3v) is 3.70. The van der Waals surface area contributed by atoms with Gasteiger partial charge in [-0.2, -0.15) is 11.8 Å². The summed E-state index contributed by atoms with van der Waals surface area (Å²) in [4.78, 5) is 6.86. The Bertz CT molecular complexity index is 509. The van der Waals surface area contributed by atoms with Crippen LogP contribution >= 0.6 is 11.8 Å². The number of imidazole rings is 1. The van der Waals surface area contributed by atoms with E-state index >= 15 is 0 Å². The maximum atomic E-state index is 5.86. The molecule has 0 saturated carbocycles. The first kappa shape index (κ1) is 13.2. The first-order chi connectivity index (χ1) is 8.77. The lowest BCUT2D eigenvalue weighted by Gasteiger charge is -2.17. The number of rotatable bonds is 6. The van der Waals surface area contributed by atoms with E-state index in [4.69, 9.17) is 5.73 Å². The maximum absolute atomic E-state index is 5.86. The second-order valence-corrected chi connectivity index (χ2v) is 5.27. The van der Waals surface area contributed by atoms with E-state index in [9.17, 15) is 0 Å². The molecule has 0 spiro atoms. The molecule has 98 valence electrons. The van der Waals surface area contributed by atoms with E-state index in [0.717, 1.165) is 30.1 Å². The van der Waals surface area contributed by atoms with E-state index in [1.165, 1.54) is 5.75 Å². The smallest absolute Gasteiger partial charge is 0.152 e. The zero-order chi connectivity index (χ0) is 13.0. The number of aromatic nitrogens is 2. The molecule has 0 radical (unpaired) electrons. The van der Waals surface area contributed by atoms with Gasteiger partial charge in [0.25, 0.3) is 0 Å². The van der Waals surface area contributed by atoms with Crippen LogP contribution in [0.1, 0.15) is 12.1 Å². The minimum absolute atomic E-state index is 0.507. The molecule has 2 N–H and O–H groups in total. The van der Waals surface area contributed by atoms with Gasteiger partial charge in [0.1, 0.15) is 5.65 Å². The monoisotopic (exact) mass is 264 g/mol. The van der Waals surface area contributed by atoms with Gasteiger partial charge in [-0.15, -0.1) is 0 Å². The van der Waals surface area contributed by atoms with E-state index in [1.54, 1.807) is 0 Å². The second-order valence-electron chi connectivity index (χ2n) is 4.28. The molecule has 18 heavy (non-hydrogen) atoms. The number of thioether (sulfide) groups is 1. The summed E-state index contributed by atoms with van der Waals surface area (Å²) in [7, 11) is 2.08. The van der Waals surface area contributed by atoms with Gasteiger partial charge < -0.3 is 15.0 Å². The van der Waals surface area contributed by atoms with Crippen molar-refractivity contribution in [1.29, 1.82) is 0 Å². The Balaban J connectivity index is 2.26. The molecule has 0 unspecified atom stereocenters. The standard InChI is InChI=1S/C13H20N4S/c1-16(7-5-9-18-2)13-11(10-14)17-8-4-3-6-12(17)15-13/h3-4,6,8H,5,7,9-10,14H2,1-2H3. The quantitative estimate of drug-likeness (QED) is 0.811.